The zero-order valence-electron chi connectivity index (χ0n) is 7.54. The van der Waals surface area contributed by atoms with Gasteiger partial charge in [0, 0.05) is 0 Å². The molecule has 0 aliphatic carbocycles. The first-order chi connectivity index (χ1) is 6.51. The molecule has 0 bridgehead atoms. The summed E-state index contributed by atoms with van der Waals surface area (Å²) in [6.45, 7) is 0. The Bertz CT molecular complexity index is 422. The molecule has 0 aliphatic heterocycles. The zero-order valence-corrected chi connectivity index (χ0v) is 8.36. The van der Waals surface area contributed by atoms with Gasteiger partial charge in [0.05, 0.1) is 12.5 Å². The summed E-state index contributed by atoms with van der Waals surface area (Å²) >= 11 is 0. The third-order valence-electron chi connectivity index (χ3n) is 1.55. The van der Waals surface area contributed by atoms with Gasteiger partial charge in [-0.05, 0) is 23.8 Å². The molecule has 0 amide bonds. The van der Waals surface area contributed by atoms with E-state index in [1.54, 1.807) is 31.4 Å². The van der Waals surface area contributed by atoms with Crippen LogP contribution in [0.15, 0.2) is 29.7 Å². The molecule has 0 spiro atoms. The molecule has 78 valence electrons. The van der Waals surface area contributed by atoms with Crippen LogP contribution in [0.3, 0.4) is 0 Å². The van der Waals surface area contributed by atoms with Gasteiger partial charge in [0.1, 0.15) is 5.75 Å². The van der Waals surface area contributed by atoms with E-state index in [1.807, 2.05) is 0 Å². The van der Waals surface area contributed by atoms with E-state index < -0.39 is 10.1 Å². The Morgan fingerprint density at radius 1 is 1.27 bits per heavy atom. The summed E-state index contributed by atoms with van der Waals surface area (Å²) in [6, 6.07) is 6.76. The molecule has 0 atom stereocenters. The molecule has 0 saturated heterocycles. The zero-order chi connectivity index (χ0) is 10.6. The van der Waals surface area contributed by atoms with Crippen LogP contribution in [-0.4, -0.2) is 49.6 Å². The minimum absolute atomic E-state index is 0. The van der Waals surface area contributed by atoms with E-state index >= 15 is 0 Å². The van der Waals surface area contributed by atoms with Crippen molar-refractivity contribution in [1.82, 2.24) is 0 Å². The summed E-state index contributed by atoms with van der Waals surface area (Å²) in [7, 11) is -2.51. The average molecular weight is 238 g/mol. The molecule has 0 radical (unpaired) electrons. The summed E-state index contributed by atoms with van der Waals surface area (Å²) in [4.78, 5) is 0. The van der Waals surface area contributed by atoms with Crippen LogP contribution < -0.4 is 4.74 Å². The van der Waals surface area contributed by atoms with Gasteiger partial charge in [-0.1, -0.05) is 12.1 Å². The molecule has 1 aromatic rings. The maximum absolute atomic E-state index is 10.4. The van der Waals surface area contributed by atoms with Crippen molar-refractivity contribution >= 4 is 45.8 Å². The first-order valence-electron chi connectivity index (χ1n) is 3.81. The standard InChI is InChI=1S/C9H10O4S.Na.H/c1-13-9-4-2-8(3-5-9)6-7-14(10,11)12;;/h2-7H,1H3,(H,10,11,12);;/b7-6+;;. The van der Waals surface area contributed by atoms with Crippen molar-refractivity contribution in [3.8, 4) is 5.75 Å². The Morgan fingerprint density at radius 3 is 2.20 bits per heavy atom. The second kappa shape index (κ2) is 6.30. The second-order valence-corrected chi connectivity index (χ2v) is 3.89. The fraction of sp³-hybridized carbons (Fsp3) is 0.111. The Morgan fingerprint density at radius 2 is 1.80 bits per heavy atom. The fourth-order valence-electron chi connectivity index (χ4n) is 0.880. The second-order valence-electron chi connectivity index (χ2n) is 2.59. The molecule has 1 aromatic carbocycles. The van der Waals surface area contributed by atoms with Gasteiger partial charge in [-0.25, -0.2) is 0 Å². The van der Waals surface area contributed by atoms with Gasteiger partial charge in [-0.3, -0.25) is 4.55 Å². The van der Waals surface area contributed by atoms with Crippen LogP contribution in [0.4, 0.5) is 0 Å². The summed E-state index contributed by atoms with van der Waals surface area (Å²) in [6.07, 6.45) is 1.30. The van der Waals surface area contributed by atoms with Crippen molar-refractivity contribution in [2.75, 3.05) is 7.11 Å². The van der Waals surface area contributed by atoms with Gasteiger partial charge in [0.25, 0.3) is 10.1 Å². The van der Waals surface area contributed by atoms with Gasteiger partial charge >= 0.3 is 29.6 Å². The quantitative estimate of drug-likeness (QED) is 0.628. The number of hydrogen-bond donors (Lipinski definition) is 1. The molecular formula is C9H11NaO4S. The van der Waals surface area contributed by atoms with Gasteiger partial charge in [-0.15, -0.1) is 0 Å². The SMILES string of the molecule is COc1ccc(/C=C/S(=O)(=O)O)cc1.[NaH]. The van der Waals surface area contributed by atoms with Crippen LogP contribution in [0, 0.1) is 0 Å². The van der Waals surface area contributed by atoms with Crippen molar-refractivity contribution in [2.24, 2.45) is 0 Å². The molecule has 0 aliphatic rings. The molecular weight excluding hydrogens is 227 g/mol. The van der Waals surface area contributed by atoms with Gasteiger partial charge < -0.3 is 4.74 Å². The molecule has 1 N–H and O–H groups in total. The van der Waals surface area contributed by atoms with Crippen LogP contribution in [0.25, 0.3) is 6.08 Å². The maximum atomic E-state index is 10.4. The number of rotatable bonds is 3. The Kier molecular flexibility index (Phi) is 6.16. The molecule has 0 saturated carbocycles. The van der Waals surface area contributed by atoms with Crippen molar-refractivity contribution < 1.29 is 17.7 Å². The number of benzene rings is 1. The van der Waals surface area contributed by atoms with E-state index in [4.69, 9.17) is 9.29 Å². The number of hydrogen-bond acceptors (Lipinski definition) is 3. The van der Waals surface area contributed by atoms with Crippen LogP contribution in [0.2, 0.25) is 0 Å². The summed E-state index contributed by atoms with van der Waals surface area (Å²) in [5.41, 5.74) is 0.670. The first-order valence-corrected chi connectivity index (χ1v) is 5.31. The Labute approximate surface area is 111 Å². The van der Waals surface area contributed by atoms with E-state index in [2.05, 4.69) is 0 Å². The predicted octanol–water partition coefficient (Wildman–Crippen LogP) is 0.905. The molecule has 0 unspecified atom stereocenters. The summed E-state index contributed by atoms with van der Waals surface area (Å²) in [5.74, 6) is 0.689. The number of ether oxygens (including phenoxy) is 1. The van der Waals surface area contributed by atoms with E-state index in [1.165, 1.54) is 6.08 Å². The summed E-state index contributed by atoms with van der Waals surface area (Å²) in [5, 5.41) is 0.731. The molecule has 0 fully saturated rings. The molecule has 4 nitrogen and oxygen atoms in total. The molecule has 1 rings (SSSR count). The first kappa shape index (κ1) is 14.7. The predicted molar refractivity (Wildman–Crippen MR) is 60.7 cm³/mol. The number of methoxy groups -OCH3 is 1. The van der Waals surface area contributed by atoms with Gasteiger partial charge in [0.15, 0.2) is 0 Å². The van der Waals surface area contributed by atoms with Gasteiger partial charge in [0.2, 0.25) is 0 Å². The van der Waals surface area contributed by atoms with Crippen LogP contribution in [0.1, 0.15) is 5.56 Å². The molecule has 6 heteroatoms. The van der Waals surface area contributed by atoms with Crippen molar-refractivity contribution in [2.45, 2.75) is 0 Å². The van der Waals surface area contributed by atoms with Gasteiger partial charge in [-0.2, -0.15) is 8.42 Å². The van der Waals surface area contributed by atoms with E-state index in [9.17, 15) is 8.42 Å². The van der Waals surface area contributed by atoms with E-state index in [-0.39, 0.29) is 29.6 Å². The fourth-order valence-corrected chi connectivity index (χ4v) is 1.21. The molecule has 0 heterocycles. The Hall–Kier alpha value is -0.330. The van der Waals surface area contributed by atoms with Crippen LogP contribution in [0.5, 0.6) is 5.75 Å². The third kappa shape index (κ3) is 5.96. The van der Waals surface area contributed by atoms with E-state index in [0.29, 0.717) is 11.3 Å². The van der Waals surface area contributed by atoms with Crippen LogP contribution >= 0.6 is 0 Å². The molecule has 0 aromatic heterocycles. The summed E-state index contributed by atoms with van der Waals surface area (Å²) < 4.78 is 34.1. The van der Waals surface area contributed by atoms with E-state index in [0.717, 1.165) is 5.41 Å². The third-order valence-corrected chi connectivity index (χ3v) is 2.03. The topological polar surface area (TPSA) is 63.6 Å². The van der Waals surface area contributed by atoms with Crippen LogP contribution in [-0.2, 0) is 10.1 Å². The monoisotopic (exact) mass is 238 g/mol. The minimum atomic E-state index is -4.05. The van der Waals surface area contributed by atoms with Crippen molar-refractivity contribution in [3.05, 3.63) is 35.2 Å². The van der Waals surface area contributed by atoms with Crippen molar-refractivity contribution in [1.29, 1.82) is 0 Å². The Balaban J connectivity index is 0.00000196. The van der Waals surface area contributed by atoms with Crippen molar-refractivity contribution in [3.63, 3.8) is 0 Å². The average Bonchev–Trinajstić information content (AvgIpc) is 2.14. The normalized spacial score (nSPS) is 11.1. The molecule has 15 heavy (non-hydrogen) atoms.